The van der Waals surface area contributed by atoms with Crippen molar-refractivity contribution in [3.8, 4) is 0 Å². The summed E-state index contributed by atoms with van der Waals surface area (Å²) >= 11 is 0. The van der Waals surface area contributed by atoms with E-state index in [1.807, 2.05) is 0 Å². The van der Waals surface area contributed by atoms with E-state index in [4.69, 9.17) is 24.3 Å². The lowest BCUT2D eigenvalue weighted by molar-refractivity contribution is -0.154. The molecular weight excluding hydrogens is 866 g/mol. The minimum absolute atomic E-state index is 0.0789. The Labute approximate surface area is 416 Å². The number of carbonyl (C=O) groups excluding carboxylic acids is 1. The second-order valence-electron chi connectivity index (χ2n) is 16.6. The summed E-state index contributed by atoms with van der Waals surface area (Å²) in [7, 11) is -4.31. The van der Waals surface area contributed by atoms with Gasteiger partial charge in [0.05, 0.1) is 19.8 Å². The van der Waals surface area contributed by atoms with Gasteiger partial charge in [0.1, 0.15) is 6.10 Å². The zero-order valence-corrected chi connectivity index (χ0v) is 43.7. The van der Waals surface area contributed by atoms with Crippen LogP contribution in [0.3, 0.4) is 0 Å². The summed E-state index contributed by atoms with van der Waals surface area (Å²) in [4.78, 5) is 22.6. The van der Waals surface area contributed by atoms with Crippen molar-refractivity contribution in [1.82, 2.24) is 0 Å². The fourth-order valence-electron chi connectivity index (χ4n) is 6.48. The van der Waals surface area contributed by atoms with Crippen LogP contribution in [-0.2, 0) is 27.9 Å². The second-order valence-corrected chi connectivity index (χ2v) is 18.1. The van der Waals surface area contributed by atoms with Gasteiger partial charge in [0.15, 0.2) is 0 Å². The molecule has 0 bridgehead atoms. The molecule has 2 unspecified atom stereocenters. The van der Waals surface area contributed by atoms with Crippen molar-refractivity contribution < 1.29 is 32.8 Å². The number of carbonyl (C=O) groups is 1. The molecule has 68 heavy (non-hydrogen) atoms. The number of phosphoric ester groups is 1. The molecular formula is C59H96NO7P. The van der Waals surface area contributed by atoms with Gasteiger partial charge in [-0.2, -0.15) is 0 Å². The molecule has 0 aliphatic rings. The summed E-state index contributed by atoms with van der Waals surface area (Å²) in [6, 6.07) is 0. The molecule has 0 saturated carbocycles. The zero-order chi connectivity index (χ0) is 49.4. The molecule has 3 N–H and O–H groups in total. The minimum Gasteiger partial charge on any atom is -0.457 e. The Balaban J connectivity index is 4.09. The maximum atomic E-state index is 12.7. The fraction of sp³-hybridized carbons (Fsp3) is 0.576. The average molecular weight is 962 g/mol. The lowest BCUT2D eigenvalue weighted by Crippen LogP contribution is -2.28. The Morgan fingerprint density at radius 3 is 1.16 bits per heavy atom. The first kappa shape index (κ1) is 64.4. The Kier molecular flexibility index (Phi) is 51.4. The molecule has 2 atom stereocenters. The number of phosphoric acid groups is 1. The van der Waals surface area contributed by atoms with E-state index >= 15 is 0 Å². The summed E-state index contributed by atoms with van der Waals surface area (Å²) in [5.74, 6) is -0.395. The number of ether oxygens (including phenoxy) is 2. The molecule has 0 aromatic rings. The quantitative estimate of drug-likeness (QED) is 0.0268. The second kappa shape index (κ2) is 54.3. The van der Waals surface area contributed by atoms with E-state index in [1.165, 1.54) is 51.4 Å². The van der Waals surface area contributed by atoms with Gasteiger partial charge in [-0.15, -0.1) is 0 Å². The molecule has 0 rings (SSSR count). The number of hydrogen-bond acceptors (Lipinski definition) is 7. The SMILES string of the molecule is CC/C=C\C/C=C\C/C=C\C/C=C\C/C=C\C/C=C\C/C=C\CCCC(=O)OC(COCCCCCCCCCCCC/C=C\C/C=C\C/C=C\C/C=C\C/C=C\CC)COP(=O)(O)OCCN. The number of hydrogen-bond donors (Lipinski definition) is 2. The average Bonchev–Trinajstić information content (AvgIpc) is 3.33. The van der Waals surface area contributed by atoms with Crippen LogP contribution in [-0.4, -0.2) is 49.9 Å². The van der Waals surface area contributed by atoms with Gasteiger partial charge in [0.2, 0.25) is 0 Å². The highest BCUT2D eigenvalue weighted by atomic mass is 31.2. The van der Waals surface area contributed by atoms with Crippen LogP contribution < -0.4 is 5.73 Å². The number of allylic oxidation sites excluding steroid dienone is 24. The number of rotatable bonds is 48. The maximum Gasteiger partial charge on any atom is 0.472 e. The van der Waals surface area contributed by atoms with Crippen LogP contribution in [0.2, 0.25) is 0 Å². The van der Waals surface area contributed by atoms with E-state index < -0.39 is 19.9 Å². The van der Waals surface area contributed by atoms with Crippen molar-refractivity contribution in [3.05, 3.63) is 146 Å². The monoisotopic (exact) mass is 962 g/mol. The van der Waals surface area contributed by atoms with Gasteiger partial charge in [0.25, 0.3) is 0 Å². The van der Waals surface area contributed by atoms with Crippen LogP contribution in [0.25, 0.3) is 0 Å². The molecule has 0 amide bonds. The first-order chi connectivity index (χ1) is 33.4. The van der Waals surface area contributed by atoms with E-state index in [1.54, 1.807) is 0 Å². The van der Waals surface area contributed by atoms with Gasteiger partial charge in [-0.05, 0) is 109 Å². The third kappa shape index (κ3) is 53.3. The Hall–Kier alpha value is -3.62. The predicted molar refractivity (Wildman–Crippen MR) is 293 cm³/mol. The normalized spacial score (nSPS) is 14.5. The Morgan fingerprint density at radius 1 is 0.441 bits per heavy atom. The van der Waals surface area contributed by atoms with E-state index in [0.717, 1.165) is 103 Å². The van der Waals surface area contributed by atoms with Crippen molar-refractivity contribution >= 4 is 13.8 Å². The molecule has 8 nitrogen and oxygen atoms in total. The first-order valence-corrected chi connectivity index (χ1v) is 27.8. The summed E-state index contributed by atoms with van der Waals surface area (Å²) in [6.45, 7) is 4.57. The van der Waals surface area contributed by atoms with Crippen molar-refractivity contribution in [2.24, 2.45) is 5.73 Å². The van der Waals surface area contributed by atoms with Crippen LogP contribution >= 0.6 is 7.82 Å². The van der Waals surface area contributed by atoms with Crippen molar-refractivity contribution in [2.75, 3.05) is 33.0 Å². The highest BCUT2D eigenvalue weighted by Gasteiger charge is 2.25. The number of esters is 1. The van der Waals surface area contributed by atoms with Crippen LogP contribution in [0.5, 0.6) is 0 Å². The lowest BCUT2D eigenvalue weighted by Gasteiger charge is -2.20. The third-order valence-corrected chi connectivity index (χ3v) is 11.2. The molecule has 0 aromatic heterocycles. The molecule has 9 heteroatoms. The van der Waals surface area contributed by atoms with Crippen molar-refractivity contribution in [2.45, 2.75) is 187 Å². The van der Waals surface area contributed by atoms with Gasteiger partial charge < -0.3 is 20.1 Å². The smallest absolute Gasteiger partial charge is 0.457 e. The lowest BCUT2D eigenvalue weighted by atomic mass is 10.1. The van der Waals surface area contributed by atoms with E-state index in [-0.39, 0.29) is 32.8 Å². The van der Waals surface area contributed by atoms with Crippen LogP contribution in [0.4, 0.5) is 0 Å². The Bertz CT molecular complexity index is 1550. The largest absolute Gasteiger partial charge is 0.472 e. The molecule has 0 saturated heterocycles. The Morgan fingerprint density at radius 2 is 0.779 bits per heavy atom. The molecule has 0 heterocycles. The van der Waals surface area contributed by atoms with Crippen LogP contribution in [0, 0.1) is 0 Å². The summed E-state index contributed by atoms with van der Waals surface area (Å²) in [5.41, 5.74) is 5.39. The number of unbranched alkanes of at least 4 members (excludes halogenated alkanes) is 11. The summed E-state index contributed by atoms with van der Waals surface area (Å²) in [6.07, 6.45) is 78.9. The topological polar surface area (TPSA) is 117 Å². The first-order valence-electron chi connectivity index (χ1n) is 26.3. The van der Waals surface area contributed by atoms with E-state index in [9.17, 15) is 14.3 Å². The van der Waals surface area contributed by atoms with E-state index in [0.29, 0.717) is 13.0 Å². The number of nitrogens with two attached hydrogens (primary N) is 1. The van der Waals surface area contributed by atoms with Crippen molar-refractivity contribution in [1.29, 1.82) is 0 Å². The molecule has 0 aliphatic heterocycles. The minimum atomic E-state index is -4.31. The molecule has 0 aromatic carbocycles. The van der Waals surface area contributed by atoms with Gasteiger partial charge >= 0.3 is 13.8 Å². The van der Waals surface area contributed by atoms with Crippen molar-refractivity contribution in [3.63, 3.8) is 0 Å². The molecule has 0 radical (unpaired) electrons. The standard InChI is InChI=1S/C59H96NO7P/c1-3-5-7-9-11-13-15-17-19-21-23-25-27-28-29-31-33-35-37-39-41-43-45-47-49-51-54-64-56-58(57-66-68(62,63)65-55-53-60)67-59(61)52-50-48-46-44-42-40-38-36-34-32-30-26-24-22-20-18-16-14-12-10-8-6-4-2/h5-8,11-14,17-20,23-26,28-29,32,34,38,40,44,46,58H,3-4,9-10,15-16,21-22,27,30-31,33,35-37,39,41-43,45,47-57,60H2,1-2H3,(H,62,63)/b7-5-,8-6-,13-11-,14-12-,19-17-,20-18-,25-23-,26-24-,29-28-,34-32-,40-38-,46-44-. The van der Waals surface area contributed by atoms with Gasteiger partial charge in [-0.1, -0.05) is 211 Å². The summed E-state index contributed by atoms with van der Waals surface area (Å²) < 4.78 is 33.5. The molecule has 0 aliphatic carbocycles. The van der Waals surface area contributed by atoms with E-state index in [2.05, 4.69) is 160 Å². The fourth-order valence-corrected chi connectivity index (χ4v) is 7.25. The third-order valence-electron chi connectivity index (χ3n) is 10.3. The molecule has 0 spiro atoms. The zero-order valence-electron chi connectivity index (χ0n) is 42.8. The highest BCUT2D eigenvalue weighted by Crippen LogP contribution is 2.43. The predicted octanol–water partition coefficient (Wildman–Crippen LogP) is 16.9. The molecule has 384 valence electrons. The summed E-state index contributed by atoms with van der Waals surface area (Å²) in [5, 5.41) is 0. The maximum absolute atomic E-state index is 12.7. The van der Waals surface area contributed by atoms with Crippen LogP contribution in [0.1, 0.15) is 181 Å². The van der Waals surface area contributed by atoms with Gasteiger partial charge in [-0.3, -0.25) is 13.8 Å². The van der Waals surface area contributed by atoms with Gasteiger partial charge in [0, 0.05) is 19.6 Å². The van der Waals surface area contributed by atoms with Gasteiger partial charge in [-0.25, -0.2) is 4.57 Å². The molecule has 0 fully saturated rings. The van der Waals surface area contributed by atoms with Crippen LogP contribution in [0.15, 0.2) is 146 Å². The highest BCUT2D eigenvalue weighted by molar-refractivity contribution is 7.47.